The first-order chi connectivity index (χ1) is 7.17. The lowest BCUT2D eigenvalue weighted by atomic mass is 10.2. The number of hydrogen-bond donors (Lipinski definition) is 0. The molecular weight excluding hydrogens is 192 g/mol. The summed E-state index contributed by atoms with van der Waals surface area (Å²) in [6, 6.07) is 5.46. The van der Waals surface area contributed by atoms with Crippen LogP contribution in [0, 0.1) is 12.8 Å². The van der Waals surface area contributed by atoms with Crippen molar-refractivity contribution in [1.29, 1.82) is 0 Å². The van der Waals surface area contributed by atoms with Crippen LogP contribution in [0.5, 0.6) is 17.2 Å². The average molecular weight is 209 g/mol. The highest BCUT2D eigenvalue weighted by molar-refractivity contribution is 5.45. The third kappa shape index (κ3) is 3.35. The molecule has 0 heterocycles. The van der Waals surface area contributed by atoms with Crippen molar-refractivity contribution in [2.45, 2.75) is 6.92 Å². The van der Waals surface area contributed by atoms with Crippen LogP contribution < -0.4 is 14.2 Å². The Kier molecular flexibility index (Phi) is 4.28. The third-order valence-corrected chi connectivity index (χ3v) is 1.89. The Morgan fingerprint density at radius 1 is 1.20 bits per heavy atom. The summed E-state index contributed by atoms with van der Waals surface area (Å²) in [5.41, 5.74) is 0. The van der Waals surface area contributed by atoms with E-state index < -0.39 is 0 Å². The third-order valence-electron chi connectivity index (χ3n) is 1.89. The average Bonchev–Trinajstić information content (AvgIpc) is 2.25. The van der Waals surface area contributed by atoms with Gasteiger partial charge in [-0.1, -0.05) is 6.92 Å². The quantitative estimate of drug-likeness (QED) is 0.746. The van der Waals surface area contributed by atoms with Gasteiger partial charge < -0.3 is 14.2 Å². The summed E-state index contributed by atoms with van der Waals surface area (Å²) in [6.07, 6.45) is 0. The lowest BCUT2D eigenvalue weighted by Gasteiger charge is -2.13. The summed E-state index contributed by atoms with van der Waals surface area (Å²) in [6.45, 7) is 6.41. The Bertz CT molecular complexity index is 308. The summed E-state index contributed by atoms with van der Waals surface area (Å²) < 4.78 is 15.9. The molecule has 3 heteroatoms. The van der Waals surface area contributed by atoms with Crippen molar-refractivity contribution < 1.29 is 14.2 Å². The molecule has 83 valence electrons. The molecule has 1 radical (unpaired) electrons. The molecule has 0 aliphatic heterocycles. The highest BCUT2D eigenvalue weighted by atomic mass is 16.5. The Labute approximate surface area is 91.0 Å². The van der Waals surface area contributed by atoms with E-state index in [1.807, 2.05) is 19.1 Å². The van der Waals surface area contributed by atoms with Gasteiger partial charge in [-0.2, -0.15) is 0 Å². The minimum atomic E-state index is 0.237. The van der Waals surface area contributed by atoms with Gasteiger partial charge in [-0.15, -0.1) is 0 Å². The van der Waals surface area contributed by atoms with Crippen molar-refractivity contribution in [2.24, 2.45) is 5.92 Å². The normalized spacial score (nSPS) is 10.2. The summed E-state index contributed by atoms with van der Waals surface area (Å²) in [5, 5.41) is 0. The molecule has 0 N–H and O–H groups in total. The van der Waals surface area contributed by atoms with E-state index in [0.29, 0.717) is 18.1 Å². The van der Waals surface area contributed by atoms with Crippen LogP contribution in [0.3, 0.4) is 0 Å². The molecule has 0 amide bonds. The highest BCUT2D eigenvalue weighted by Crippen LogP contribution is 2.31. The number of methoxy groups -OCH3 is 2. The van der Waals surface area contributed by atoms with Gasteiger partial charge >= 0.3 is 0 Å². The van der Waals surface area contributed by atoms with Crippen LogP contribution >= 0.6 is 0 Å². The van der Waals surface area contributed by atoms with Crippen LogP contribution in [0.1, 0.15) is 6.92 Å². The van der Waals surface area contributed by atoms with Gasteiger partial charge in [0.25, 0.3) is 0 Å². The predicted octanol–water partition coefficient (Wildman–Crippen LogP) is 2.55. The van der Waals surface area contributed by atoms with E-state index in [0.717, 1.165) is 5.75 Å². The number of ether oxygens (including phenoxy) is 3. The van der Waals surface area contributed by atoms with E-state index in [-0.39, 0.29) is 5.92 Å². The van der Waals surface area contributed by atoms with Crippen molar-refractivity contribution in [3.05, 3.63) is 25.1 Å². The minimum absolute atomic E-state index is 0.237. The molecular formula is C12H17O3. The summed E-state index contributed by atoms with van der Waals surface area (Å²) >= 11 is 0. The molecule has 0 spiro atoms. The van der Waals surface area contributed by atoms with Crippen LogP contribution in [0.25, 0.3) is 0 Å². The number of hydrogen-bond acceptors (Lipinski definition) is 3. The maximum Gasteiger partial charge on any atom is 0.164 e. The van der Waals surface area contributed by atoms with Gasteiger partial charge in [0.05, 0.1) is 20.8 Å². The lowest BCUT2D eigenvalue weighted by Crippen LogP contribution is -2.05. The van der Waals surface area contributed by atoms with Gasteiger partial charge in [0, 0.05) is 6.07 Å². The van der Waals surface area contributed by atoms with Crippen LogP contribution in [0.2, 0.25) is 0 Å². The van der Waals surface area contributed by atoms with Crippen molar-refractivity contribution in [3.8, 4) is 17.2 Å². The van der Waals surface area contributed by atoms with Crippen LogP contribution in [0.15, 0.2) is 18.2 Å². The number of benzene rings is 1. The zero-order valence-electron chi connectivity index (χ0n) is 9.45. The second-order valence-electron chi connectivity index (χ2n) is 3.43. The van der Waals surface area contributed by atoms with Crippen LogP contribution in [0.4, 0.5) is 0 Å². The van der Waals surface area contributed by atoms with Gasteiger partial charge in [0.2, 0.25) is 0 Å². The SMILES string of the molecule is [CH2]C(C)COc1cc(OC)ccc1OC. The summed E-state index contributed by atoms with van der Waals surface area (Å²) in [7, 11) is 3.23. The standard InChI is InChI=1S/C12H17O3/c1-9(2)8-15-12-7-10(13-3)5-6-11(12)14-4/h5-7,9H,1,8H2,2-4H3. The van der Waals surface area contributed by atoms with Gasteiger partial charge in [0.1, 0.15) is 5.75 Å². The molecule has 0 aromatic heterocycles. The molecule has 1 aromatic rings. The van der Waals surface area contributed by atoms with Crippen molar-refractivity contribution in [2.75, 3.05) is 20.8 Å². The Morgan fingerprint density at radius 2 is 1.93 bits per heavy atom. The zero-order valence-corrected chi connectivity index (χ0v) is 9.45. The molecule has 0 bridgehead atoms. The summed E-state index contributed by atoms with van der Waals surface area (Å²) in [5.74, 6) is 2.38. The van der Waals surface area contributed by atoms with Gasteiger partial charge in [-0.25, -0.2) is 0 Å². The van der Waals surface area contributed by atoms with E-state index in [9.17, 15) is 0 Å². The lowest BCUT2D eigenvalue weighted by molar-refractivity contribution is 0.265. The Hall–Kier alpha value is -1.38. The minimum Gasteiger partial charge on any atom is -0.497 e. The second-order valence-corrected chi connectivity index (χ2v) is 3.43. The fourth-order valence-electron chi connectivity index (χ4n) is 1.13. The van der Waals surface area contributed by atoms with Crippen LogP contribution in [-0.4, -0.2) is 20.8 Å². The van der Waals surface area contributed by atoms with Crippen molar-refractivity contribution in [3.63, 3.8) is 0 Å². The maximum atomic E-state index is 5.56. The molecule has 1 aromatic carbocycles. The molecule has 15 heavy (non-hydrogen) atoms. The number of rotatable bonds is 5. The first-order valence-electron chi connectivity index (χ1n) is 4.85. The highest BCUT2D eigenvalue weighted by Gasteiger charge is 2.06. The smallest absolute Gasteiger partial charge is 0.164 e. The molecule has 1 unspecified atom stereocenters. The van der Waals surface area contributed by atoms with Gasteiger partial charge in [0.15, 0.2) is 11.5 Å². The second kappa shape index (κ2) is 5.49. The molecule has 0 aliphatic rings. The largest absolute Gasteiger partial charge is 0.497 e. The predicted molar refractivity (Wildman–Crippen MR) is 59.6 cm³/mol. The molecule has 1 atom stereocenters. The van der Waals surface area contributed by atoms with E-state index in [2.05, 4.69) is 6.92 Å². The molecule has 0 aliphatic carbocycles. The molecule has 3 nitrogen and oxygen atoms in total. The Balaban J connectivity index is 2.81. The molecule has 1 rings (SSSR count). The fraction of sp³-hybridized carbons (Fsp3) is 0.417. The van der Waals surface area contributed by atoms with E-state index in [1.54, 1.807) is 20.3 Å². The van der Waals surface area contributed by atoms with E-state index >= 15 is 0 Å². The topological polar surface area (TPSA) is 27.7 Å². The molecule has 0 saturated carbocycles. The van der Waals surface area contributed by atoms with Crippen molar-refractivity contribution >= 4 is 0 Å². The molecule has 0 fully saturated rings. The Morgan fingerprint density at radius 3 is 2.47 bits per heavy atom. The first-order valence-corrected chi connectivity index (χ1v) is 4.85. The van der Waals surface area contributed by atoms with Gasteiger partial charge in [-0.05, 0) is 25.0 Å². The fourth-order valence-corrected chi connectivity index (χ4v) is 1.13. The maximum absolute atomic E-state index is 5.56. The first kappa shape index (κ1) is 11.7. The molecule has 0 saturated heterocycles. The zero-order chi connectivity index (χ0) is 11.3. The van der Waals surface area contributed by atoms with Gasteiger partial charge in [-0.3, -0.25) is 0 Å². The van der Waals surface area contributed by atoms with E-state index in [4.69, 9.17) is 14.2 Å². The van der Waals surface area contributed by atoms with E-state index in [1.165, 1.54) is 0 Å². The van der Waals surface area contributed by atoms with Crippen LogP contribution in [-0.2, 0) is 0 Å². The summed E-state index contributed by atoms with van der Waals surface area (Å²) in [4.78, 5) is 0. The monoisotopic (exact) mass is 209 g/mol. The van der Waals surface area contributed by atoms with Crippen molar-refractivity contribution in [1.82, 2.24) is 0 Å².